The second-order valence-corrected chi connectivity index (χ2v) is 15.2. The Morgan fingerprint density at radius 2 is 0.836 bits per heavy atom. The third kappa shape index (κ3) is 12.2. The topological polar surface area (TPSA) is 237 Å². The van der Waals surface area contributed by atoms with Crippen LogP contribution >= 0.6 is 0 Å². The summed E-state index contributed by atoms with van der Waals surface area (Å²) in [7, 11) is 0. The number of phenolic OH excluding ortho intramolecular Hbond substituents is 2. The number of carboxylic acid groups (broad SMARTS) is 4. The minimum atomic E-state index is -5.19. The van der Waals surface area contributed by atoms with Crippen molar-refractivity contribution >= 4 is 36.0 Å². The van der Waals surface area contributed by atoms with E-state index in [1.54, 1.807) is 30.3 Å². The fourth-order valence-electron chi connectivity index (χ4n) is 3.89. The van der Waals surface area contributed by atoms with Gasteiger partial charge in [0, 0.05) is 0 Å². The van der Waals surface area contributed by atoms with Gasteiger partial charge in [-0.1, -0.05) is 0 Å². The Hall–Kier alpha value is -4.56. The van der Waals surface area contributed by atoms with Crippen LogP contribution in [0.2, 0.25) is 0 Å². The predicted molar refractivity (Wildman–Crippen MR) is 132 cm³/mol. The molecule has 2 N–H and O–H groups in total. The van der Waals surface area contributed by atoms with Gasteiger partial charge in [0.05, 0.1) is 0 Å². The molecule has 2 aliphatic heterocycles. The first kappa shape index (κ1) is 48.5. The van der Waals surface area contributed by atoms with Gasteiger partial charge >= 0.3 is 213 Å². The summed E-state index contributed by atoms with van der Waals surface area (Å²) in [5.74, 6) is -10.9. The molecule has 2 heterocycles. The molecule has 0 bridgehead atoms. The first-order valence-corrected chi connectivity index (χ1v) is 18.7. The van der Waals surface area contributed by atoms with Crippen molar-refractivity contribution in [3.05, 3.63) is 70.8 Å². The van der Waals surface area contributed by atoms with Gasteiger partial charge in [0.15, 0.2) is 0 Å². The first-order valence-electron chi connectivity index (χ1n) is 13.2. The summed E-state index contributed by atoms with van der Waals surface area (Å²) in [6.45, 7) is 0. The third-order valence-corrected chi connectivity index (χ3v) is 11.4. The zero-order valence-corrected chi connectivity index (χ0v) is 36.9. The molecule has 0 saturated heterocycles. The standard InChI is InChI=1S/C20H10O5.4C2HF3O2.2Hg/c21-11-5-7-15-17(9-11)24-18-10-12(22)6-8-16(18)20(15)14-4-2-1-3-13(14)19(23)25-20;4*3-2(4,5)1(6)7;;/h1-8,21-22H;4*(H,6,7);;/q;;;;;2*+2/p-4. The molecule has 3 aromatic carbocycles. The van der Waals surface area contributed by atoms with E-state index >= 15 is 0 Å². The Morgan fingerprint density at radius 1 is 0.545 bits per heavy atom. The average molecular weight is 1180 g/mol. The summed E-state index contributed by atoms with van der Waals surface area (Å²) in [6, 6.07) is 14.2. The number of ether oxygens (including phenoxy) is 2. The van der Waals surface area contributed by atoms with Gasteiger partial charge in [-0.3, -0.25) is 0 Å². The van der Waals surface area contributed by atoms with Crippen LogP contribution in [0.15, 0.2) is 48.5 Å². The molecule has 0 fully saturated rings. The summed E-state index contributed by atoms with van der Waals surface area (Å²) >= 11 is 0.149. The molecule has 0 aliphatic carbocycles. The third-order valence-electron chi connectivity index (χ3n) is 6.13. The normalized spacial score (nSPS) is 13.4. The van der Waals surface area contributed by atoms with E-state index in [0.717, 1.165) is 22.8 Å². The van der Waals surface area contributed by atoms with Crippen LogP contribution in [0.25, 0.3) is 0 Å². The minimum absolute atomic E-state index is 0.0747. The molecule has 55 heavy (non-hydrogen) atoms. The van der Waals surface area contributed by atoms with Crippen molar-refractivity contribution in [1.82, 2.24) is 0 Å². The van der Waals surface area contributed by atoms with Crippen molar-refractivity contribution in [3.8, 4) is 23.0 Å². The molecule has 13 nitrogen and oxygen atoms in total. The number of carboxylic acids is 4. The summed E-state index contributed by atoms with van der Waals surface area (Å²) in [4.78, 5) is 47.9. The predicted octanol–water partition coefficient (Wildman–Crippen LogP) is -0.796. The molecule has 1 spiro atoms. The van der Waals surface area contributed by atoms with Gasteiger partial charge in [0.1, 0.15) is 23.9 Å². The molecule has 0 atom stereocenters. The number of fused-ring (bicyclic) bond motifs is 6. The molecular formula is C28H10F12Hg2O13. The van der Waals surface area contributed by atoms with Crippen molar-refractivity contribution in [2.45, 2.75) is 30.3 Å². The maximum atomic E-state index is 12.7. The van der Waals surface area contributed by atoms with E-state index in [4.69, 9.17) is 49.1 Å². The number of aromatic hydroxyl groups is 2. The van der Waals surface area contributed by atoms with Gasteiger partial charge < -0.3 is 39.6 Å². The monoisotopic (exact) mass is 1190 g/mol. The zero-order valence-electron chi connectivity index (χ0n) is 26.0. The molecule has 0 unspecified atom stereocenters. The SMILES string of the molecule is O=C([O-])C(F)(F)F.O=C([O-])C(F)(F)F.O=C([O-])C(F)(F)F.O=C([O-])C(F)(F)F.O=C1OC2(c3ccccc31)c1ccc(O)[c]([Hg+2])c1Oc1c2ccc(O)[c]1[Hg+2]. The van der Waals surface area contributed by atoms with Crippen LogP contribution in [0.4, 0.5) is 52.7 Å². The van der Waals surface area contributed by atoms with Gasteiger partial charge in [-0.25, -0.2) is 0 Å². The number of carbonyl (C=O) groups excluding carboxylic acids is 5. The number of alkyl halides is 12. The van der Waals surface area contributed by atoms with E-state index in [1.165, 1.54) is 0 Å². The number of benzene rings is 3. The molecule has 0 amide bonds. The number of esters is 1. The van der Waals surface area contributed by atoms with Crippen molar-refractivity contribution in [1.29, 1.82) is 0 Å². The molecule has 0 aromatic heterocycles. The fraction of sp³-hybridized carbons (Fsp3) is 0.179. The van der Waals surface area contributed by atoms with Crippen LogP contribution in [0.5, 0.6) is 23.0 Å². The number of hydrogen-bond acceptors (Lipinski definition) is 13. The van der Waals surface area contributed by atoms with Gasteiger partial charge in [-0.15, -0.1) is 0 Å². The van der Waals surface area contributed by atoms with Gasteiger partial charge in [0.25, 0.3) is 0 Å². The molecule has 0 saturated carbocycles. The first-order chi connectivity index (χ1) is 24.7. The summed E-state index contributed by atoms with van der Waals surface area (Å²) in [6.07, 6.45) is -20.8. The summed E-state index contributed by atoms with van der Waals surface area (Å²) < 4.78 is 140. The van der Waals surface area contributed by atoms with Crippen LogP contribution in [-0.2, 0) is 81.8 Å². The van der Waals surface area contributed by atoms with E-state index in [2.05, 4.69) is 0 Å². The number of hydrogen-bond donors (Lipinski definition) is 2. The molecular weight excluding hydrogens is 1170 g/mol. The molecule has 0 radical (unpaired) electrons. The fourth-order valence-corrected chi connectivity index (χ4v) is 6.85. The Balaban J connectivity index is 0.000000442. The Kier molecular flexibility index (Phi) is 15.8. The van der Waals surface area contributed by atoms with Crippen LogP contribution in [0, 0.1) is 0 Å². The summed E-state index contributed by atoms with van der Waals surface area (Å²) in [5, 5.41) is 55.6. The van der Waals surface area contributed by atoms with Crippen LogP contribution in [0.1, 0.15) is 27.0 Å². The second-order valence-electron chi connectivity index (χ2n) is 9.74. The number of aliphatic carboxylic acids is 4. The molecule has 5 rings (SSSR count). The number of rotatable bonds is 0. The number of halogens is 12. The maximum absolute atomic E-state index is 12.7. The van der Waals surface area contributed by atoms with Gasteiger partial charge in [0.2, 0.25) is 0 Å². The van der Waals surface area contributed by atoms with E-state index in [9.17, 15) is 67.7 Å². The average Bonchev–Trinajstić information content (AvgIpc) is 3.33. The van der Waals surface area contributed by atoms with Gasteiger partial charge in [-0.05, 0) is 0 Å². The number of phenols is 2. The van der Waals surface area contributed by atoms with Crippen molar-refractivity contribution in [3.63, 3.8) is 0 Å². The van der Waals surface area contributed by atoms with E-state index < -0.39 is 54.2 Å². The van der Waals surface area contributed by atoms with Crippen molar-refractivity contribution in [2.24, 2.45) is 0 Å². The Bertz CT molecular complexity index is 1800. The van der Waals surface area contributed by atoms with E-state index in [0.29, 0.717) is 17.1 Å². The Morgan fingerprint density at radius 3 is 1.13 bits per heavy atom. The van der Waals surface area contributed by atoms with Crippen LogP contribution in [0.3, 0.4) is 0 Å². The molecule has 27 heteroatoms. The zero-order chi connectivity index (χ0) is 43.2. The molecule has 2 aliphatic rings. The second kappa shape index (κ2) is 17.9. The number of carbonyl (C=O) groups is 5. The molecule has 288 valence electrons. The van der Waals surface area contributed by atoms with Crippen LogP contribution in [-0.4, -0.2) is 64.8 Å². The van der Waals surface area contributed by atoms with Crippen molar-refractivity contribution in [2.75, 3.05) is 0 Å². The van der Waals surface area contributed by atoms with E-state index in [-0.39, 0.29) is 69.7 Å². The van der Waals surface area contributed by atoms with Crippen molar-refractivity contribution < 1.29 is 169 Å². The molecule has 3 aromatic rings. The van der Waals surface area contributed by atoms with E-state index in [1.807, 2.05) is 18.2 Å². The van der Waals surface area contributed by atoms with Gasteiger partial charge in [-0.2, -0.15) is 52.7 Å². The Labute approximate surface area is 327 Å². The summed E-state index contributed by atoms with van der Waals surface area (Å²) in [5.41, 5.74) is 1.60. The van der Waals surface area contributed by atoms with Crippen LogP contribution < -0.4 is 31.3 Å². The quantitative estimate of drug-likeness (QED) is 0.160.